The molecule has 5 heteroatoms. The zero-order valence-electron chi connectivity index (χ0n) is 8.66. The molecular weight excluding hydrogens is 236 g/mol. The first-order valence-electron chi connectivity index (χ1n) is 4.48. The number of rotatable bonds is 4. The molecule has 0 aromatic heterocycles. The maximum Gasteiger partial charge on any atom is 0.232 e. The molecule has 0 heterocycles. The smallest absolute Gasteiger partial charge is 0.232 e. The SMILES string of the molecule is COc1ccc(C)cc1CCS(=O)(=O)Cl. The highest BCUT2D eigenvalue weighted by Gasteiger charge is 2.09. The minimum Gasteiger partial charge on any atom is -0.496 e. The minimum atomic E-state index is -3.44. The van der Waals surface area contributed by atoms with E-state index in [1.807, 2.05) is 25.1 Å². The van der Waals surface area contributed by atoms with Crippen LogP contribution in [0, 0.1) is 6.92 Å². The second-order valence-corrected chi connectivity index (χ2v) is 6.20. The third-order valence-corrected chi connectivity index (χ3v) is 3.21. The van der Waals surface area contributed by atoms with Crippen LogP contribution in [0.1, 0.15) is 11.1 Å². The summed E-state index contributed by atoms with van der Waals surface area (Å²) in [4.78, 5) is 0. The van der Waals surface area contributed by atoms with Crippen molar-refractivity contribution in [1.82, 2.24) is 0 Å². The Morgan fingerprint density at radius 2 is 2.07 bits per heavy atom. The normalized spacial score (nSPS) is 11.4. The Morgan fingerprint density at radius 1 is 1.40 bits per heavy atom. The Kier molecular flexibility index (Phi) is 3.99. The van der Waals surface area contributed by atoms with Crippen LogP contribution in [0.4, 0.5) is 0 Å². The van der Waals surface area contributed by atoms with Crippen LogP contribution in [-0.4, -0.2) is 21.3 Å². The highest BCUT2D eigenvalue weighted by Crippen LogP contribution is 2.20. The molecule has 0 aliphatic rings. The molecule has 0 spiro atoms. The van der Waals surface area contributed by atoms with E-state index >= 15 is 0 Å². The average molecular weight is 249 g/mol. The van der Waals surface area contributed by atoms with Gasteiger partial charge in [-0.25, -0.2) is 8.42 Å². The topological polar surface area (TPSA) is 43.4 Å². The van der Waals surface area contributed by atoms with Crippen molar-refractivity contribution >= 4 is 19.7 Å². The Morgan fingerprint density at radius 3 is 2.60 bits per heavy atom. The van der Waals surface area contributed by atoms with E-state index in [9.17, 15) is 8.42 Å². The van der Waals surface area contributed by atoms with E-state index in [2.05, 4.69) is 0 Å². The molecule has 1 aromatic carbocycles. The highest BCUT2D eigenvalue weighted by atomic mass is 35.7. The van der Waals surface area contributed by atoms with Crippen LogP contribution in [0.15, 0.2) is 18.2 Å². The first kappa shape index (κ1) is 12.3. The number of halogens is 1. The molecule has 0 N–H and O–H groups in total. The monoisotopic (exact) mass is 248 g/mol. The van der Waals surface area contributed by atoms with Crippen molar-refractivity contribution < 1.29 is 13.2 Å². The molecule has 0 aliphatic heterocycles. The van der Waals surface area contributed by atoms with Gasteiger partial charge in [0.05, 0.1) is 12.9 Å². The molecule has 1 aromatic rings. The van der Waals surface area contributed by atoms with Crippen molar-refractivity contribution in [3.05, 3.63) is 29.3 Å². The van der Waals surface area contributed by atoms with Crippen LogP contribution < -0.4 is 4.74 Å². The van der Waals surface area contributed by atoms with Crippen molar-refractivity contribution in [2.45, 2.75) is 13.3 Å². The predicted octanol–water partition coefficient (Wildman–Crippen LogP) is 2.11. The summed E-state index contributed by atoms with van der Waals surface area (Å²) in [5, 5.41) is 0. The summed E-state index contributed by atoms with van der Waals surface area (Å²) in [6.07, 6.45) is 0.372. The van der Waals surface area contributed by atoms with E-state index in [-0.39, 0.29) is 5.75 Å². The van der Waals surface area contributed by atoms with Gasteiger partial charge in [-0.1, -0.05) is 17.7 Å². The van der Waals surface area contributed by atoms with E-state index < -0.39 is 9.05 Å². The van der Waals surface area contributed by atoms with Gasteiger partial charge < -0.3 is 4.74 Å². The molecule has 0 saturated carbocycles. The van der Waals surface area contributed by atoms with Gasteiger partial charge in [0.2, 0.25) is 9.05 Å². The van der Waals surface area contributed by atoms with Crippen LogP contribution in [0.5, 0.6) is 5.75 Å². The molecular formula is C10H13ClO3S. The van der Waals surface area contributed by atoms with Crippen LogP contribution in [0.2, 0.25) is 0 Å². The van der Waals surface area contributed by atoms with Gasteiger partial charge in [-0.2, -0.15) is 0 Å². The van der Waals surface area contributed by atoms with Gasteiger partial charge >= 0.3 is 0 Å². The maximum atomic E-state index is 10.8. The average Bonchev–Trinajstić information content (AvgIpc) is 2.14. The lowest BCUT2D eigenvalue weighted by Crippen LogP contribution is -2.03. The van der Waals surface area contributed by atoms with Gasteiger partial charge in [0.15, 0.2) is 0 Å². The fourth-order valence-corrected chi connectivity index (χ4v) is 2.03. The third kappa shape index (κ3) is 4.10. The first-order valence-corrected chi connectivity index (χ1v) is 6.96. The van der Waals surface area contributed by atoms with Crippen molar-refractivity contribution in [3.63, 3.8) is 0 Å². The second-order valence-electron chi connectivity index (χ2n) is 3.31. The molecule has 0 unspecified atom stereocenters. The van der Waals surface area contributed by atoms with Crippen LogP contribution >= 0.6 is 10.7 Å². The standard InChI is InChI=1S/C10H13ClO3S/c1-8-3-4-10(14-2)9(7-8)5-6-15(11,12)13/h3-4,7H,5-6H2,1-2H3. The maximum absolute atomic E-state index is 10.8. The number of benzene rings is 1. The number of methoxy groups -OCH3 is 1. The molecule has 0 atom stereocenters. The summed E-state index contributed by atoms with van der Waals surface area (Å²) in [5.74, 6) is 0.620. The Balaban J connectivity index is 2.88. The molecule has 84 valence electrons. The van der Waals surface area contributed by atoms with Crippen molar-refractivity contribution in [2.24, 2.45) is 0 Å². The fourth-order valence-electron chi connectivity index (χ4n) is 1.33. The summed E-state index contributed by atoms with van der Waals surface area (Å²) in [5.41, 5.74) is 1.93. The fraction of sp³-hybridized carbons (Fsp3) is 0.400. The first-order chi connectivity index (χ1) is 6.92. The Hall–Kier alpha value is -0.740. The quantitative estimate of drug-likeness (QED) is 0.767. The van der Waals surface area contributed by atoms with E-state index in [1.54, 1.807) is 7.11 Å². The number of hydrogen-bond acceptors (Lipinski definition) is 3. The highest BCUT2D eigenvalue weighted by molar-refractivity contribution is 8.13. The third-order valence-electron chi connectivity index (χ3n) is 2.05. The molecule has 0 radical (unpaired) electrons. The Labute approximate surface area is 94.4 Å². The van der Waals surface area contributed by atoms with E-state index in [1.165, 1.54) is 0 Å². The zero-order chi connectivity index (χ0) is 11.5. The lowest BCUT2D eigenvalue weighted by atomic mass is 10.1. The van der Waals surface area contributed by atoms with Gasteiger partial charge in [0.1, 0.15) is 5.75 Å². The van der Waals surface area contributed by atoms with Crippen LogP contribution in [-0.2, 0) is 15.5 Å². The van der Waals surface area contributed by atoms with E-state index in [0.29, 0.717) is 12.2 Å². The number of aryl methyl sites for hydroxylation is 2. The summed E-state index contributed by atoms with van der Waals surface area (Å²) < 4.78 is 26.8. The lowest BCUT2D eigenvalue weighted by molar-refractivity contribution is 0.410. The molecule has 0 amide bonds. The Bertz CT molecular complexity index is 440. The molecule has 15 heavy (non-hydrogen) atoms. The molecule has 0 bridgehead atoms. The van der Waals surface area contributed by atoms with Crippen LogP contribution in [0.25, 0.3) is 0 Å². The van der Waals surface area contributed by atoms with Crippen molar-refractivity contribution in [3.8, 4) is 5.75 Å². The zero-order valence-corrected chi connectivity index (χ0v) is 10.2. The molecule has 0 aliphatic carbocycles. The summed E-state index contributed by atoms with van der Waals surface area (Å²) in [6, 6.07) is 5.64. The molecule has 1 rings (SSSR count). The molecule has 0 saturated heterocycles. The largest absolute Gasteiger partial charge is 0.496 e. The van der Waals surface area contributed by atoms with Crippen LogP contribution in [0.3, 0.4) is 0 Å². The number of hydrogen-bond donors (Lipinski definition) is 0. The van der Waals surface area contributed by atoms with Gasteiger partial charge in [0, 0.05) is 10.7 Å². The minimum absolute atomic E-state index is 0.0750. The summed E-state index contributed by atoms with van der Waals surface area (Å²) in [7, 11) is 3.27. The van der Waals surface area contributed by atoms with Crippen molar-refractivity contribution in [1.29, 1.82) is 0 Å². The van der Waals surface area contributed by atoms with Gasteiger partial charge in [-0.15, -0.1) is 0 Å². The van der Waals surface area contributed by atoms with Gasteiger partial charge in [-0.3, -0.25) is 0 Å². The second kappa shape index (κ2) is 4.86. The summed E-state index contributed by atoms with van der Waals surface area (Å²) >= 11 is 0. The summed E-state index contributed by atoms with van der Waals surface area (Å²) in [6.45, 7) is 1.94. The predicted molar refractivity (Wildman–Crippen MR) is 61.1 cm³/mol. The van der Waals surface area contributed by atoms with E-state index in [0.717, 1.165) is 11.1 Å². The molecule has 3 nitrogen and oxygen atoms in total. The lowest BCUT2D eigenvalue weighted by Gasteiger charge is -2.08. The van der Waals surface area contributed by atoms with Gasteiger partial charge in [0.25, 0.3) is 0 Å². The van der Waals surface area contributed by atoms with E-state index in [4.69, 9.17) is 15.4 Å². The molecule has 0 fully saturated rings. The van der Waals surface area contributed by atoms with Gasteiger partial charge in [-0.05, 0) is 25.0 Å². The van der Waals surface area contributed by atoms with Crippen molar-refractivity contribution in [2.75, 3.05) is 12.9 Å². The number of ether oxygens (including phenoxy) is 1.